The highest BCUT2D eigenvalue weighted by atomic mass is 127. The van der Waals surface area contributed by atoms with Crippen molar-refractivity contribution in [1.82, 2.24) is 14.9 Å². The van der Waals surface area contributed by atoms with Gasteiger partial charge in [-0.3, -0.25) is 4.90 Å². The molecule has 0 bridgehead atoms. The zero-order valence-electron chi connectivity index (χ0n) is 14.8. The molecule has 2 unspecified atom stereocenters. The Morgan fingerprint density at radius 3 is 2.73 bits per heavy atom. The minimum absolute atomic E-state index is 0.135. The van der Waals surface area contributed by atoms with Crippen LogP contribution >= 0.6 is 22.6 Å². The normalized spacial score (nSPS) is 19.8. The second kappa shape index (κ2) is 9.16. The number of aryl methyl sites for hydroxylation is 1. The highest BCUT2D eigenvalue weighted by Gasteiger charge is 2.30. The summed E-state index contributed by atoms with van der Waals surface area (Å²) in [5, 5.41) is 3.27. The predicted octanol–water partition coefficient (Wildman–Crippen LogP) is 4.01. The summed E-state index contributed by atoms with van der Waals surface area (Å²) in [6, 6.07) is 9.84. The third kappa shape index (κ3) is 5.30. The lowest BCUT2D eigenvalue weighted by molar-refractivity contribution is 0.0799. The largest absolute Gasteiger partial charge is 0.445 e. The number of nitrogens with one attached hydrogen (secondary N) is 1. The Kier molecular flexibility index (Phi) is 6.65. The Morgan fingerprint density at radius 1 is 1.31 bits per heavy atom. The summed E-state index contributed by atoms with van der Waals surface area (Å²) < 4.78 is 5.62. The molecule has 0 saturated carbocycles. The van der Waals surface area contributed by atoms with E-state index in [0.29, 0.717) is 25.0 Å². The van der Waals surface area contributed by atoms with Crippen molar-refractivity contribution in [3.8, 4) is 0 Å². The second-order valence-electron chi connectivity index (χ2n) is 6.51. The van der Waals surface area contributed by atoms with Gasteiger partial charge in [0.1, 0.15) is 6.61 Å². The number of alkyl halides is 1. The Labute approximate surface area is 167 Å². The van der Waals surface area contributed by atoms with Crippen LogP contribution in [0.2, 0.25) is 0 Å². The number of carbonyl (C=O) groups is 1. The van der Waals surface area contributed by atoms with Crippen LogP contribution in [-0.2, 0) is 11.3 Å². The molecule has 1 aromatic carbocycles. The maximum atomic E-state index is 12.4. The summed E-state index contributed by atoms with van der Waals surface area (Å²) in [7, 11) is 0. The Balaban J connectivity index is 1.44. The van der Waals surface area contributed by atoms with Gasteiger partial charge in [0.15, 0.2) is 0 Å². The summed E-state index contributed by atoms with van der Waals surface area (Å²) in [6.07, 6.45) is 5.09. The molecule has 138 valence electrons. The molecule has 0 radical (unpaired) electrons. The van der Waals surface area contributed by atoms with E-state index in [1.54, 1.807) is 18.5 Å². The number of likely N-dealkylation sites (tertiary alicyclic amines) is 1. The van der Waals surface area contributed by atoms with E-state index in [9.17, 15) is 4.79 Å². The van der Waals surface area contributed by atoms with E-state index in [2.05, 4.69) is 37.9 Å². The average Bonchev–Trinajstić information content (AvgIpc) is 2.66. The first-order valence-electron chi connectivity index (χ1n) is 8.75. The molecule has 0 aliphatic carbocycles. The van der Waals surface area contributed by atoms with Crippen molar-refractivity contribution in [3.05, 3.63) is 53.9 Å². The van der Waals surface area contributed by atoms with Crippen LogP contribution < -0.4 is 5.32 Å². The highest BCUT2D eigenvalue weighted by Crippen LogP contribution is 2.28. The van der Waals surface area contributed by atoms with Crippen LogP contribution in [0.15, 0.2) is 42.7 Å². The van der Waals surface area contributed by atoms with E-state index in [4.69, 9.17) is 4.74 Å². The second-order valence-corrected chi connectivity index (χ2v) is 7.95. The third-order valence-electron chi connectivity index (χ3n) is 4.48. The lowest BCUT2D eigenvalue weighted by Gasteiger charge is -2.35. The first kappa shape index (κ1) is 18.9. The lowest BCUT2D eigenvalue weighted by atomic mass is 9.97. The van der Waals surface area contributed by atoms with Crippen molar-refractivity contribution in [2.75, 3.05) is 18.4 Å². The molecule has 6 nitrogen and oxygen atoms in total. The van der Waals surface area contributed by atoms with E-state index < -0.39 is 0 Å². The fraction of sp³-hybridized carbons (Fsp3) is 0.421. The molecule has 2 atom stereocenters. The summed E-state index contributed by atoms with van der Waals surface area (Å²) >= 11 is 2.33. The van der Waals surface area contributed by atoms with Gasteiger partial charge in [-0.2, -0.15) is 0 Å². The molecule has 2 aromatic rings. The molecule has 1 saturated heterocycles. The zero-order chi connectivity index (χ0) is 18.4. The number of anilines is 1. The molecule has 1 aliphatic heterocycles. The first-order valence-corrected chi connectivity index (χ1v) is 10.0. The Hall–Kier alpha value is -1.90. The van der Waals surface area contributed by atoms with Gasteiger partial charge >= 0.3 is 6.09 Å². The van der Waals surface area contributed by atoms with Gasteiger partial charge in [0.2, 0.25) is 5.95 Å². The predicted molar refractivity (Wildman–Crippen MR) is 109 cm³/mol. The number of carbonyl (C=O) groups excluding carboxylic acids is 1. The van der Waals surface area contributed by atoms with Gasteiger partial charge < -0.3 is 10.1 Å². The molecule has 0 spiro atoms. The molecule has 1 N–H and O–H groups in total. The minimum Gasteiger partial charge on any atom is -0.445 e. The van der Waals surface area contributed by atoms with Gasteiger partial charge in [-0.15, -0.1) is 0 Å². The van der Waals surface area contributed by atoms with Crippen LogP contribution in [0.1, 0.15) is 24.0 Å². The minimum atomic E-state index is -0.234. The standard InChI is InChI=1S/C19H23IN4O2/c1-14-3-5-15(6-4-14)13-26-19(25)24-10-7-16(11-17(24)20)12-23-18-21-8-2-9-22-18/h2-6,8-9,16-17H,7,10-13H2,1H3,(H,21,22,23). The van der Waals surface area contributed by atoms with Crippen LogP contribution in [0.5, 0.6) is 0 Å². The molecule has 1 fully saturated rings. The number of aromatic nitrogens is 2. The van der Waals surface area contributed by atoms with E-state index >= 15 is 0 Å². The number of amides is 1. The summed E-state index contributed by atoms with van der Waals surface area (Å²) in [5.41, 5.74) is 2.21. The average molecular weight is 466 g/mol. The first-order chi connectivity index (χ1) is 12.6. The monoisotopic (exact) mass is 466 g/mol. The number of rotatable bonds is 5. The number of piperidine rings is 1. The van der Waals surface area contributed by atoms with Crippen LogP contribution in [0.4, 0.5) is 10.7 Å². The van der Waals surface area contributed by atoms with Gasteiger partial charge in [-0.25, -0.2) is 14.8 Å². The topological polar surface area (TPSA) is 67.3 Å². The third-order valence-corrected chi connectivity index (χ3v) is 5.66. The number of hydrogen-bond donors (Lipinski definition) is 1. The zero-order valence-corrected chi connectivity index (χ0v) is 16.9. The van der Waals surface area contributed by atoms with E-state index in [0.717, 1.165) is 24.9 Å². The number of benzene rings is 1. The number of nitrogens with zero attached hydrogens (tertiary/aromatic N) is 3. The van der Waals surface area contributed by atoms with Crippen molar-refractivity contribution in [2.45, 2.75) is 30.4 Å². The Morgan fingerprint density at radius 2 is 2.04 bits per heavy atom. The highest BCUT2D eigenvalue weighted by molar-refractivity contribution is 14.1. The van der Waals surface area contributed by atoms with Crippen LogP contribution in [0, 0.1) is 12.8 Å². The fourth-order valence-electron chi connectivity index (χ4n) is 2.91. The lowest BCUT2D eigenvalue weighted by Crippen LogP contribution is -2.44. The summed E-state index contributed by atoms with van der Waals surface area (Å²) in [6.45, 7) is 3.88. The van der Waals surface area contributed by atoms with Crippen LogP contribution in [-0.4, -0.2) is 38.1 Å². The molecule has 1 aromatic heterocycles. The molecule has 26 heavy (non-hydrogen) atoms. The number of ether oxygens (including phenoxy) is 1. The molecule has 2 heterocycles. The molecule has 3 rings (SSSR count). The van der Waals surface area contributed by atoms with Crippen LogP contribution in [0.25, 0.3) is 0 Å². The van der Waals surface area contributed by atoms with Crippen LogP contribution in [0.3, 0.4) is 0 Å². The Bertz CT molecular complexity index is 711. The maximum Gasteiger partial charge on any atom is 0.410 e. The van der Waals surface area contributed by atoms with Gasteiger partial charge in [0.05, 0.1) is 4.05 Å². The molecular formula is C19H23IN4O2. The van der Waals surface area contributed by atoms with Gasteiger partial charge in [-0.05, 0) is 37.3 Å². The summed E-state index contributed by atoms with van der Waals surface area (Å²) in [4.78, 5) is 22.6. The number of hydrogen-bond acceptors (Lipinski definition) is 5. The van der Waals surface area contributed by atoms with Crippen molar-refractivity contribution in [1.29, 1.82) is 0 Å². The van der Waals surface area contributed by atoms with E-state index in [1.807, 2.05) is 36.1 Å². The van der Waals surface area contributed by atoms with Gasteiger partial charge in [0.25, 0.3) is 0 Å². The van der Waals surface area contributed by atoms with Gasteiger partial charge in [-0.1, -0.05) is 52.4 Å². The molecule has 1 amide bonds. The van der Waals surface area contributed by atoms with Crippen molar-refractivity contribution >= 4 is 34.6 Å². The molecule has 1 aliphatic rings. The van der Waals surface area contributed by atoms with E-state index in [-0.39, 0.29) is 10.1 Å². The fourth-order valence-corrected chi connectivity index (χ4v) is 4.14. The van der Waals surface area contributed by atoms with E-state index in [1.165, 1.54) is 5.56 Å². The smallest absolute Gasteiger partial charge is 0.410 e. The van der Waals surface area contributed by atoms with Crippen molar-refractivity contribution in [3.63, 3.8) is 0 Å². The van der Waals surface area contributed by atoms with Gasteiger partial charge in [0, 0.05) is 25.5 Å². The number of halogens is 1. The quantitative estimate of drug-likeness (QED) is 0.410. The van der Waals surface area contributed by atoms with Crippen molar-refractivity contribution < 1.29 is 9.53 Å². The van der Waals surface area contributed by atoms with Crippen molar-refractivity contribution in [2.24, 2.45) is 5.92 Å². The molecular weight excluding hydrogens is 443 g/mol. The maximum absolute atomic E-state index is 12.4. The summed E-state index contributed by atoms with van der Waals surface area (Å²) in [5.74, 6) is 1.14. The SMILES string of the molecule is Cc1ccc(COC(=O)N2CCC(CNc3ncccn3)CC2I)cc1. The molecule has 7 heteroatoms.